The first kappa shape index (κ1) is 19.7. The summed E-state index contributed by atoms with van der Waals surface area (Å²) >= 11 is 0. The van der Waals surface area contributed by atoms with Gasteiger partial charge in [0, 0.05) is 24.1 Å². The molecule has 2 aromatic rings. The molecule has 1 aromatic carbocycles. The van der Waals surface area contributed by atoms with Crippen LogP contribution < -0.4 is 4.74 Å². The molecular weight excluding hydrogens is 334 g/mol. The lowest BCUT2D eigenvalue weighted by molar-refractivity contribution is 0.0474. The molecule has 0 saturated carbocycles. The van der Waals surface area contributed by atoms with Gasteiger partial charge >= 0.3 is 5.97 Å². The van der Waals surface area contributed by atoms with Crippen LogP contribution in [0.2, 0.25) is 0 Å². The number of carbonyl (C=O) groups excluding carboxylic acids is 2. The summed E-state index contributed by atoms with van der Waals surface area (Å²) in [6.45, 7) is 6.11. The molecule has 0 saturated heterocycles. The van der Waals surface area contributed by atoms with Crippen molar-refractivity contribution in [2.75, 3.05) is 27.4 Å². The van der Waals surface area contributed by atoms with Gasteiger partial charge in [-0.15, -0.1) is 0 Å². The second-order valence-corrected chi connectivity index (χ2v) is 6.19. The van der Waals surface area contributed by atoms with E-state index in [-0.39, 0.29) is 18.4 Å². The van der Waals surface area contributed by atoms with Crippen LogP contribution in [0.5, 0.6) is 5.75 Å². The summed E-state index contributed by atoms with van der Waals surface area (Å²) in [4.78, 5) is 24.6. The minimum Gasteiger partial charge on any atom is -0.497 e. The van der Waals surface area contributed by atoms with E-state index in [0.29, 0.717) is 23.5 Å². The molecular formula is C20H25NO5. The molecule has 6 heteroatoms. The number of rotatable bonds is 8. The molecule has 0 bridgehead atoms. The third-order valence-corrected chi connectivity index (χ3v) is 4.29. The Morgan fingerprint density at radius 3 is 2.35 bits per heavy atom. The predicted octanol–water partition coefficient (Wildman–Crippen LogP) is 3.36. The van der Waals surface area contributed by atoms with Gasteiger partial charge in [-0.1, -0.05) is 0 Å². The fourth-order valence-corrected chi connectivity index (χ4v) is 3.07. The van der Waals surface area contributed by atoms with Crippen LogP contribution in [0, 0.1) is 13.8 Å². The van der Waals surface area contributed by atoms with Crippen molar-refractivity contribution in [3.63, 3.8) is 0 Å². The van der Waals surface area contributed by atoms with Crippen LogP contribution in [-0.4, -0.2) is 43.8 Å². The summed E-state index contributed by atoms with van der Waals surface area (Å²) in [6, 6.07) is 8.48. The van der Waals surface area contributed by atoms with Gasteiger partial charge in [0.05, 0.1) is 25.3 Å². The molecule has 26 heavy (non-hydrogen) atoms. The summed E-state index contributed by atoms with van der Waals surface area (Å²) in [6.07, 6.45) is 0. The molecule has 1 heterocycles. The van der Waals surface area contributed by atoms with Crippen LogP contribution in [0.1, 0.15) is 45.1 Å². The van der Waals surface area contributed by atoms with E-state index in [1.165, 1.54) is 0 Å². The average Bonchev–Trinajstić information content (AvgIpc) is 2.94. The number of nitrogens with zero attached hydrogens (tertiary/aromatic N) is 1. The molecule has 0 aliphatic rings. The number of methoxy groups -OCH3 is 2. The molecule has 0 spiro atoms. The van der Waals surface area contributed by atoms with Crippen molar-refractivity contribution in [2.45, 2.75) is 26.8 Å². The maximum Gasteiger partial charge on any atom is 0.338 e. The SMILES string of the molecule is COC[C@@H](C)n1c(C)cc(C(=O)COC(=O)c2ccc(OC)cc2)c1C. The van der Waals surface area contributed by atoms with E-state index in [9.17, 15) is 9.59 Å². The molecule has 0 N–H and O–H groups in total. The summed E-state index contributed by atoms with van der Waals surface area (Å²) in [5, 5.41) is 0. The van der Waals surface area contributed by atoms with Crippen molar-refractivity contribution in [3.05, 3.63) is 52.8 Å². The molecule has 0 fully saturated rings. The summed E-state index contributed by atoms with van der Waals surface area (Å²) < 4.78 is 17.5. The highest BCUT2D eigenvalue weighted by atomic mass is 16.5. The summed E-state index contributed by atoms with van der Waals surface area (Å²) in [7, 11) is 3.20. The Kier molecular flexibility index (Phi) is 6.58. The van der Waals surface area contributed by atoms with Crippen molar-refractivity contribution >= 4 is 11.8 Å². The van der Waals surface area contributed by atoms with Crippen molar-refractivity contribution < 1.29 is 23.8 Å². The minimum atomic E-state index is -0.539. The van der Waals surface area contributed by atoms with Gasteiger partial charge < -0.3 is 18.8 Å². The molecule has 0 aliphatic carbocycles. The maximum atomic E-state index is 12.5. The van der Waals surface area contributed by atoms with E-state index in [1.807, 2.05) is 26.8 Å². The van der Waals surface area contributed by atoms with Crippen molar-refractivity contribution in [1.82, 2.24) is 4.57 Å². The zero-order valence-corrected chi connectivity index (χ0v) is 15.9. The minimum absolute atomic E-state index is 0.114. The van der Waals surface area contributed by atoms with Crippen molar-refractivity contribution in [2.24, 2.45) is 0 Å². The van der Waals surface area contributed by atoms with Crippen molar-refractivity contribution in [3.8, 4) is 5.75 Å². The Bertz CT molecular complexity index is 776. The van der Waals surface area contributed by atoms with E-state index < -0.39 is 5.97 Å². The fraction of sp³-hybridized carbons (Fsp3) is 0.400. The number of hydrogen-bond acceptors (Lipinski definition) is 5. The third-order valence-electron chi connectivity index (χ3n) is 4.29. The zero-order valence-electron chi connectivity index (χ0n) is 15.9. The first-order valence-corrected chi connectivity index (χ1v) is 8.40. The van der Waals surface area contributed by atoms with Gasteiger partial charge in [0.2, 0.25) is 5.78 Å². The van der Waals surface area contributed by atoms with Crippen LogP contribution in [0.25, 0.3) is 0 Å². The largest absolute Gasteiger partial charge is 0.497 e. The standard InChI is InChI=1S/C20H25NO5/c1-13-10-18(15(3)21(13)14(2)11-24-4)19(22)12-26-20(23)16-6-8-17(25-5)9-7-16/h6-10,14H,11-12H2,1-5H3/t14-/m1/s1. The lowest BCUT2D eigenvalue weighted by atomic mass is 10.1. The molecule has 1 atom stereocenters. The van der Waals surface area contributed by atoms with Crippen LogP contribution in [0.4, 0.5) is 0 Å². The smallest absolute Gasteiger partial charge is 0.338 e. The highest BCUT2D eigenvalue weighted by Crippen LogP contribution is 2.21. The van der Waals surface area contributed by atoms with E-state index in [1.54, 1.807) is 38.5 Å². The van der Waals surface area contributed by atoms with E-state index in [2.05, 4.69) is 4.57 Å². The van der Waals surface area contributed by atoms with Gasteiger partial charge in [0.15, 0.2) is 6.61 Å². The topological polar surface area (TPSA) is 66.8 Å². The van der Waals surface area contributed by atoms with Gasteiger partial charge in [0.25, 0.3) is 0 Å². The fourth-order valence-electron chi connectivity index (χ4n) is 3.07. The number of ether oxygens (including phenoxy) is 3. The number of aryl methyl sites for hydroxylation is 1. The average molecular weight is 359 g/mol. The van der Waals surface area contributed by atoms with Gasteiger partial charge in [-0.25, -0.2) is 4.79 Å². The lowest BCUT2D eigenvalue weighted by Gasteiger charge is -2.17. The lowest BCUT2D eigenvalue weighted by Crippen LogP contribution is -2.17. The van der Waals surface area contributed by atoms with Gasteiger partial charge in [-0.05, 0) is 51.1 Å². The molecule has 1 aromatic heterocycles. The van der Waals surface area contributed by atoms with Crippen LogP contribution >= 0.6 is 0 Å². The quantitative estimate of drug-likeness (QED) is 0.534. The van der Waals surface area contributed by atoms with E-state index >= 15 is 0 Å². The second kappa shape index (κ2) is 8.67. The van der Waals surface area contributed by atoms with Crippen molar-refractivity contribution in [1.29, 1.82) is 0 Å². The first-order chi connectivity index (χ1) is 12.4. The Labute approximate surface area is 153 Å². The number of Topliss-reactive ketones (excluding diaryl/α,β-unsaturated/α-hetero) is 1. The number of esters is 1. The number of carbonyl (C=O) groups is 2. The molecule has 6 nitrogen and oxygen atoms in total. The second-order valence-electron chi connectivity index (χ2n) is 6.19. The Balaban J connectivity index is 2.05. The zero-order chi connectivity index (χ0) is 19.3. The monoisotopic (exact) mass is 359 g/mol. The van der Waals surface area contributed by atoms with Gasteiger partial charge in [0.1, 0.15) is 5.75 Å². The Morgan fingerprint density at radius 1 is 1.12 bits per heavy atom. The Morgan fingerprint density at radius 2 is 1.77 bits per heavy atom. The van der Waals surface area contributed by atoms with E-state index in [0.717, 1.165) is 11.4 Å². The normalized spacial score (nSPS) is 11.9. The van der Waals surface area contributed by atoms with E-state index in [4.69, 9.17) is 14.2 Å². The summed E-state index contributed by atoms with van der Waals surface area (Å²) in [5.41, 5.74) is 2.75. The van der Waals surface area contributed by atoms with Crippen LogP contribution in [-0.2, 0) is 9.47 Å². The number of hydrogen-bond donors (Lipinski definition) is 0. The molecule has 0 amide bonds. The predicted molar refractivity (Wildman–Crippen MR) is 98.1 cm³/mol. The highest BCUT2D eigenvalue weighted by Gasteiger charge is 2.20. The third kappa shape index (κ3) is 4.32. The number of aromatic nitrogens is 1. The summed E-state index contributed by atoms with van der Waals surface area (Å²) in [5.74, 6) is -0.117. The number of ketones is 1. The molecule has 2 rings (SSSR count). The molecule has 0 aliphatic heterocycles. The van der Waals surface area contributed by atoms with Crippen LogP contribution in [0.15, 0.2) is 30.3 Å². The van der Waals surface area contributed by atoms with Gasteiger partial charge in [-0.3, -0.25) is 4.79 Å². The Hall–Kier alpha value is -2.60. The maximum absolute atomic E-state index is 12.5. The molecule has 0 radical (unpaired) electrons. The number of benzene rings is 1. The molecule has 0 unspecified atom stereocenters. The van der Waals surface area contributed by atoms with Crippen LogP contribution in [0.3, 0.4) is 0 Å². The first-order valence-electron chi connectivity index (χ1n) is 8.40. The highest BCUT2D eigenvalue weighted by molar-refractivity contribution is 6.00. The molecule has 140 valence electrons. The van der Waals surface area contributed by atoms with Gasteiger partial charge in [-0.2, -0.15) is 0 Å².